The van der Waals surface area contributed by atoms with Gasteiger partial charge >= 0.3 is 5.97 Å². The molecular formula is C8H4BrNO3S. The molecule has 0 saturated heterocycles. The average molecular weight is 274 g/mol. The molecule has 0 fully saturated rings. The number of thiazole rings is 1. The number of halogens is 1. The Morgan fingerprint density at radius 2 is 2.43 bits per heavy atom. The van der Waals surface area contributed by atoms with Crippen LogP contribution in [0.4, 0.5) is 0 Å². The first-order valence-electron chi connectivity index (χ1n) is 3.59. The molecule has 0 aliphatic heterocycles. The second-order valence-electron chi connectivity index (χ2n) is 2.47. The van der Waals surface area contributed by atoms with Crippen LogP contribution in [0, 0.1) is 0 Å². The van der Waals surface area contributed by atoms with E-state index in [0.717, 1.165) is 0 Å². The minimum atomic E-state index is -1.09. The molecule has 6 heteroatoms. The number of furan rings is 1. The summed E-state index contributed by atoms with van der Waals surface area (Å²) in [6.45, 7) is 0. The maximum atomic E-state index is 10.6. The normalized spacial score (nSPS) is 10.4. The fraction of sp³-hybridized carbons (Fsp3) is 0. The van der Waals surface area contributed by atoms with E-state index in [1.165, 1.54) is 17.4 Å². The molecule has 0 aromatic carbocycles. The Balaban J connectivity index is 2.50. The van der Waals surface area contributed by atoms with Gasteiger partial charge in [-0.05, 0) is 15.9 Å². The van der Waals surface area contributed by atoms with Gasteiger partial charge in [0.05, 0.1) is 9.98 Å². The number of hydrogen-bond acceptors (Lipinski definition) is 4. The molecule has 0 bridgehead atoms. The molecular weight excluding hydrogens is 270 g/mol. The minimum Gasteiger partial charge on any atom is -0.475 e. The molecule has 0 aliphatic rings. The predicted molar refractivity (Wildman–Crippen MR) is 54.5 cm³/mol. The Bertz CT molecular complexity index is 463. The van der Waals surface area contributed by atoms with Crippen LogP contribution >= 0.6 is 27.3 Å². The zero-order valence-corrected chi connectivity index (χ0v) is 9.13. The summed E-state index contributed by atoms with van der Waals surface area (Å²) in [6, 6.07) is 1.41. The summed E-state index contributed by atoms with van der Waals surface area (Å²) in [7, 11) is 0. The van der Waals surface area contributed by atoms with Crippen LogP contribution in [0.15, 0.2) is 25.8 Å². The molecule has 0 amide bonds. The van der Waals surface area contributed by atoms with Gasteiger partial charge < -0.3 is 9.52 Å². The van der Waals surface area contributed by atoms with E-state index in [4.69, 9.17) is 9.52 Å². The number of aromatic carboxylic acids is 1. The van der Waals surface area contributed by atoms with Crippen molar-refractivity contribution >= 4 is 33.2 Å². The van der Waals surface area contributed by atoms with Crippen molar-refractivity contribution in [3.8, 4) is 11.5 Å². The molecule has 0 radical (unpaired) electrons. The van der Waals surface area contributed by atoms with Crippen molar-refractivity contribution in [1.82, 2.24) is 4.98 Å². The van der Waals surface area contributed by atoms with Crippen LogP contribution in [0.5, 0.6) is 0 Å². The zero-order valence-electron chi connectivity index (χ0n) is 6.73. The molecule has 0 saturated carbocycles. The van der Waals surface area contributed by atoms with Crippen LogP contribution in [0.25, 0.3) is 11.5 Å². The number of nitrogens with zero attached hydrogens (tertiary/aromatic N) is 1. The average Bonchev–Trinajstić information content (AvgIpc) is 2.71. The standard InChI is InChI=1S/C8H4BrNO3S/c9-4-1-6(8(11)12)13-7(4)5-2-14-3-10-5/h1-3H,(H,11,12). The number of rotatable bonds is 2. The fourth-order valence-corrected chi connectivity index (χ4v) is 2.00. The highest BCUT2D eigenvalue weighted by atomic mass is 79.9. The van der Waals surface area contributed by atoms with Crippen molar-refractivity contribution in [1.29, 1.82) is 0 Å². The first kappa shape index (κ1) is 9.42. The third-order valence-electron chi connectivity index (χ3n) is 1.56. The third-order valence-corrected chi connectivity index (χ3v) is 2.74. The van der Waals surface area contributed by atoms with E-state index >= 15 is 0 Å². The maximum absolute atomic E-state index is 10.6. The molecule has 0 aliphatic carbocycles. The van der Waals surface area contributed by atoms with Crippen LogP contribution in [0.3, 0.4) is 0 Å². The number of carboxylic acids is 1. The lowest BCUT2D eigenvalue weighted by molar-refractivity contribution is 0.0663. The first-order chi connectivity index (χ1) is 6.68. The second kappa shape index (κ2) is 3.55. The topological polar surface area (TPSA) is 63.3 Å². The van der Waals surface area contributed by atoms with Crippen LogP contribution < -0.4 is 0 Å². The molecule has 4 nitrogen and oxygen atoms in total. The van der Waals surface area contributed by atoms with Crippen molar-refractivity contribution in [2.24, 2.45) is 0 Å². The Kier molecular flexibility index (Phi) is 2.39. The van der Waals surface area contributed by atoms with E-state index in [2.05, 4.69) is 20.9 Å². The van der Waals surface area contributed by atoms with E-state index in [-0.39, 0.29) is 5.76 Å². The smallest absolute Gasteiger partial charge is 0.371 e. The summed E-state index contributed by atoms with van der Waals surface area (Å²) in [5.41, 5.74) is 2.29. The summed E-state index contributed by atoms with van der Waals surface area (Å²) >= 11 is 4.64. The molecule has 2 rings (SSSR count). The van der Waals surface area contributed by atoms with Gasteiger partial charge in [-0.25, -0.2) is 9.78 Å². The van der Waals surface area contributed by atoms with Crippen LogP contribution in [-0.2, 0) is 0 Å². The van der Waals surface area contributed by atoms with Crippen molar-refractivity contribution in [2.45, 2.75) is 0 Å². The highest BCUT2D eigenvalue weighted by Crippen LogP contribution is 2.31. The fourth-order valence-electron chi connectivity index (χ4n) is 0.974. The highest BCUT2D eigenvalue weighted by molar-refractivity contribution is 9.10. The predicted octanol–water partition coefficient (Wildman–Crippen LogP) is 2.86. The minimum absolute atomic E-state index is 0.0973. The third kappa shape index (κ3) is 1.58. The SMILES string of the molecule is O=C(O)c1cc(Br)c(-c2cscn2)o1. The van der Waals surface area contributed by atoms with Gasteiger partial charge in [-0.2, -0.15) is 0 Å². The molecule has 0 atom stereocenters. The van der Waals surface area contributed by atoms with Crippen molar-refractivity contribution in [2.75, 3.05) is 0 Å². The van der Waals surface area contributed by atoms with E-state index in [9.17, 15) is 4.79 Å². The molecule has 72 valence electrons. The number of carbonyl (C=O) groups is 1. The van der Waals surface area contributed by atoms with Gasteiger partial charge in [0.15, 0.2) is 5.76 Å². The molecule has 2 heterocycles. The van der Waals surface area contributed by atoms with E-state index in [1.807, 2.05) is 0 Å². The Morgan fingerprint density at radius 3 is 2.93 bits per heavy atom. The summed E-state index contributed by atoms with van der Waals surface area (Å²) in [4.78, 5) is 14.6. The van der Waals surface area contributed by atoms with Gasteiger partial charge in [-0.1, -0.05) is 0 Å². The largest absolute Gasteiger partial charge is 0.475 e. The zero-order chi connectivity index (χ0) is 10.1. The van der Waals surface area contributed by atoms with Gasteiger partial charge in [-0.3, -0.25) is 0 Å². The second-order valence-corrected chi connectivity index (χ2v) is 4.04. The monoisotopic (exact) mass is 273 g/mol. The van der Waals surface area contributed by atoms with Gasteiger partial charge in [0.2, 0.25) is 5.76 Å². The van der Waals surface area contributed by atoms with Gasteiger partial charge in [0, 0.05) is 11.4 Å². The molecule has 2 aromatic heterocycles. The lowest BCUT2D eigenvalue weighted by atomic mass is 10.3. The van der Waals surface area contributed by atoms with E-state index in [0.29, 0.717) is 15.9 Å². The molecule has 1 N–H and O–H groups in total. The Labute approximate surface area is 91.3 Å². The van der Waals surface area contributed by atoms with Crippen molar-refractivity contribution in [3.05, 3.63) is 27.2 Å². The first-order valence-corrected chi connectivity index (χ1v) is 5.33. The van der Waals surface area contributed by atoms with E-state index in [1.54, 1.807) is 10.9 Å². The number of carboxylic acid groups (broad SMARTS) is 1. The Hall–Kier alpha value is -1.14. The molecule has 14 heavy (non-hydrogen) atoms. The maximum Gasteiger partial charge on any atom is 0.371 e. The summed E-state index contributed by atoms with van der Waals surface area (Å²) in [5.74, 6) is -0.740. The Morgan fingerprint density at radius 1 is 1.64 bits per heavy atom. The summed E-state index contributed by atoms with van der Waals surface area (Å²) in [6.07, 6.45) is 0. The highest BCUT2D eigenvalue weighted by Gasteiger charge is 2.16. The lowest BCUT2D eigenvalue weighted by Crippen LogP contribution is -1.91. The van der Waals surface area contributed by atoms with Gasteiger partial charge in [-0.15, -0.1) is 11.3 Å². The van der Waals surface area contributed by atoms with Crippen molar-refractivity contribution in [3.63, 3.8) is 0 Å². The van der Waals surface area contributed by atoms with Crippen LogP contribution in [0.2, 0.25) is 0 Å². The number of aromatic nitrogens is 1. The van der Waals surface area contributed by atoms with Crippen molar-refractivity contribution < 1.29 is 14.3 Å². The molecule has 0 unspecified atom stereocenters. The molecule has 0 spiro atoms. The lowest BCUT2D eigenvalue weighted by Gasteiger charge is -1.89. The van der Waals surface area contributed by atoms with Gasteiger partial charge in [0.25, 0.3) is 0 Å². The summed E-state index contributed by atoms with van der Waals surface area (Å²) in [5, 5.41) is 10.5. The number of hydrogen-bond donors (Lipinski definition) is 1. The van der Waals surface area contributed by atoms with Gasteiger partial charge in [0.1, 0.15) is 5.69 Å². The van der Waals surface area contributed by atoms with Crippen LogP contribution in [0.1, 0.15) is 10.6 Å². The van der Waals surface area contributed by atoms with Crippen LogP contribution in [-0.4, -0.2) is 16.1 Å². The van der Waals surface area contributed by atoms with E-state index < -0.39 is 5.97 Å². The molecule has 2 aromatic rings. The summed E-state index contributed by atoms with van der Waals surface area (Å²) < 4.78 is 5.72. The quantitative estimate of drug-likeness (QED) is 0.914.